The second-order valence-corrected chi connectivity index (χ2v) is 6.02. The number of rotatable bonds is 2. The smallest absolute Gasteiger partial charge is 0.208 e. The summed E-state index contributed by atoms with van der Waals surface area (Å²) in [7, 11) is 2.00. The van der Waals surface area contributed by atoms with E-state index in [2.05, 4.69) is 21.4 Å². The summed E-state index contributed by atoms with van der Waals surface area (Å²) in [6.45, 7) is 1.98. The molecule has 0 spiro atoms. The average Bonchev–Trinajstić information content (AvgIpc) is 2.85. The first-order valence-electron chi connectivity index (χ1n) is 7.37. The van der Waals surface area contributed by atoms with Crippen LogP contribution in [0.15, 0.2) is 48.5 Å². The average molecular weight is 323 g/mol. The Bertz CT molecular complexity index is 1040. The van der Waals surface area contributed by atoms with E-state index >= 15 is 0 Å². The van der Waals surface area contributed by atoms with Crippen LogP contribution in [0.5, 0.6) is 0 Å². The Morgan fingerprint density at radius 3 is 2.65 bits per heavy atom. The highest BCUT2D eigenvalue weighted by Crippen LogP contribution is 2.29. The molecule has 5 heteroatoms. The van der Waals surface area contributed by atoms with Gasteiger partial charge in [0.1, 0.15) is 0 Å². The van der Waals surface area contributed by atoms with Crippen LogP contribution in [-0.2, 0) is 7.05 Å². The fourth-order valence-corrected chi connectivity index (χ4v) is 2.98. The fourth-order valence-electron chi connectivity index (χ4n) is 2.81. The molecule has 0 unspecified atom stereocenters. The number of benzene rings is 2. The minimum absolute atomic E-state index is 0.691. The van der Waals surface area contributed by atoms with Crippen LogP contribution in [0, 0.1) is 6.92 Å². The van der Waals surface area contributed by atoms with Crippen molar-refractivity contribution in [2.45, 2.75) is 6.92 Å². The highest BCUT2D eigenvalue weighted by atomic mass is 35.5. The molecule has 0 bridgehead atoms. The highest BCUT2D eigenvalue weighted by Gasteiger charge is 2.10. The Kier molecular flexibility index (Phi) is 3.20. The van der Waals surface area contributed by atoms with Crippen molar-refractivity contribution in [1.29, 1.82) is 0 Å². The normalized spacial score (nSPS) is 11.3. The van der Waals surface area contributed by atoms with Crippen molar-refractivity contribution in [1.82, 2.24) is 14.5 Å². The van der Waals surface area contributed by atoms with Gasteiger partial charge in [-0.3, -0.25) is 4.98 Å². The minimum Gasteiger partial charge on any atom is -0.325 e. The van der Waals surface area contributed by atoms with Crippen LogP contribution in [0.4, 0.5) is 11.6 Å². The lowest BCUT2D eigenvalue weighted by Gasteiger charge is -2.11. The molecule has 0 radical (unpaired) electrons. The van der Waals surface area contributed by atoms with Gasteiger partial charge in [0, 0.05) is 23.2 Å². The van der Waals surface area contributed by atoms with Crippen LogP contribution in [0.3, 0.4) is 0 Å². The van der Waals surface area contributed by atoms with Crippen LogP contribution in [0.1, 0.15) is 5.69 Å². The predicted octanol–water partition coefficient (Wildman–Crippen LogP) is 4.83. The molecule has 2 aromatic heterocycles. The molecule has 2 heterocycles. The first kappa shape index (κ1) is 14.0. The number of aromatic nitrogens is 3. The van der Waals surface area contributed by atoms with E-state index in [-0.39, 0.29) is 0 Å². The second-order valence-electron chi connectivity index (χ2n) is 5.58. The summed E-state index contributed by atoms with van der Waals surface area (Å²) < 4.78 is 2.04. The van der Waals surface area contributed by atoms with Crippen molar-refractivity contribution in [3.05, 3.63) is 59.2 Å². The number of nitrogens with one attached hydrogen (secondary N) is 1. The van der Waals surface area contributed by atoms with Gasteiger partial charge in [0.15, 0.2) is 0 Å². The summed E-state index contributed by atoms with van der Waals surface area (Å²) >= 11 is 6.15. The molecule has 4 aromatic rings. The quantitative estimate of drug-likeness (QED) is 0.575. The molecule has 4 nitrogen and oxygen atoms in total. The maximum atomic E-state index is 6.15. The van der Waals surface area contributed by atoms with Crippen molar-refractivity contribution in [2.24, 2.45) is 7.05 Å². The number of aryl methyl sites for hydroxylation is 2. The molecule has 0 atom stereocenters. The minimum atomic E-state index is 0.691. The van der Waals surface area contributed by atoms with Gasteiger partial charge < -0.3 is 9.88 Å². The lowest BCUT2D eigenvalue weighted by molar-refractivity contribution is 0.958. The molecule has 0 saturated heterocycles. The third-order valence-electron chi connectivity index (χ3n) is 3.93. The van der Waals surface area contributed by atoms with Crippen molar-refractivity contribution in [3.63, 3.8) is 0 Å². The largest absolute Gasteiger partial charge is 0.325 e. The van der Waals surface area contributed by atoms with E-state index < -0.39 is 0 Å². The van der Waals surface area contributed by atoms with Gasteiger partial charge >= 0.3 is 0 Å². The third-order valence-corrected chi connectivity index (χ3v) is 4.17. The van der Waals surface area contributed by atoms with Gasteiger partial charge in [-0.25, -0.2) is 4.98 Å². The first-order valence-corrected chi connectivity index (χ1v) is 7.75. The number of nitrogens with zero attached hydrogens (tertiary/aromatic N) is 3. The first-order chi connectivity index (χ1) is 11.1. The molecule has 0 aliphatic heterocycles. The summed E-state index contributed by atoms with van der Waals surface area (Å²) in [6, 6.07) is 15.8. The maximum absolute atomic E-state index is 6.15. The molecule has 2 aromatic carbocycles. The van der Waals surface area contributed by atoms with Gasteiger partial charge in [-0.2, -0.15) is 0 Å². The Morgan fingerprint density at radius 2 is 1.83 bits per heavy atom. The van der Waals surface area contributed by atoms with Gasteiger partial charge in [-0.1, -0.05) is 23.7 Å². The third kappa shape index (κ3) is 2.41. The fraction of sp³-hybridized carbons (Fsp3) is 0.111. The second kappa shape index (κ2) is 5.25. The van der Waals surface area contributed by atoms with Crippen LogP contribution >= 0.6 is 11.6 Å². The standard InChI is InChI=1S/C18H15ClN4/c1-11-9-16(13-10-12(19)7-8-14(13)20-11)22-18-21-15-5-3-4-6-17(15)23(18)2/h3-10H,1-2H3,(H,20,21,22). The van der Waals surface area contributed by atoms with Crippen LogP contribution in [-0.4, -0.2) is 14.5 Å². The van der Waals surface area contributed by atoms with Crippen LogP contribution in [0.25, 0.3) is 21.9 Å². The Morgan fingerprint density at radius 1 is 1.00 bits per heavy atom. The van der Waals surface area contributed by atoms with Gasteiger partial charge in [-0.15, -0.1) is 0 Å². The summed E-state index contributed by atoms with van der Waals surface area (Å²) in [5.41, 5.74) is 4.86. The zero-order valence-corrected chi connectivity index (χ0v) is 13.6. The topological polar surface area (TPSA) is 42.7 Å². The summed E-state index contributed by atoms with van der Waals surface area (Å²) in [4.78, 5) is 9.22. The zero-order chi connectivity index (χ0) is 16.0. The lowest BCUT2D eigenvalue weighted by Crippen LogP contribution is -2.01. The van der Waals surface area contributed by atoms with Crippen molar-refractivity contribution >= 4 is 45.2 Å². The molecule has 114 valence electrons. The number of anilines is 2. The predicted molar refractivity (Wildman–Crippen MR) is 95.5 cm³/mol. The van der Waals surface area contributed by atoms with E-state index in [1.165, 1.54) is 0 Å². The van der Waals surface area contributed by atoms with E-state index in [4.69, 9.17) is 11.6 Å². The number of hydrogen-bond donors (Lipinski definition) is 1. The molecule has 0 aliphatic rings. The maximum Gasteiger partial charge on any atom is 0.208 e. The van der Waals surface area contributed by atoms with E-state index in [0.717, 1.165) is 39.3 Å². The van der Waals surface area contributed by atoms with Crippen molar-refractivity contribution < 1.29 is 0 Å². The molecular weight excluding hydrogens is 308 g/mol. The number of halogens is 1. The highest BCUT2D eigenvalue weighted by molar-refractivity contribution is 6.31. The molecule has 0 saturated carbocycles. The van der Waals surface area contributed by atoms with Crippen LogP contribution in [0.2, 0.25) is 5.02 Å². The molecule has 0 aliphatic carbocycles. The summed E-state index contributed by atoms with van der Waals surface area (Å²) in [6.07, 6.45) is 0. The van der Waals surface area contributed by atoms with E-state index in [1.807, 2.05) is 61.0 Å². The molecular formula is C18H15ClN4. The Balaban J connectivity index is 1.88. The molecule has 1 N–H and O–H groups in total. The molecule has 0 fully saturated rings. The number of imidazole rings is 1. The van der Waals surface area contributed by atoms with Crippen LogP contribution < -0.4 is 5.32 Å². The number of hydrogen-bond acceptors (Lipinski definition) is 3. The van der Waals surface area contributed by atoms with Crippen molar-refractivity contribution in [2.75, 3.05) is 5.32 Å². The van der Waals surface area contributed by atoms with E-state index in [9.17, 15) is 0 Å². The zero-order valence-electron chi connectivity index (χ0n) is 12.8. The summed E-state index contributed by atoms with van der Waals surface area (Å²) in [5, 5.41) is 5.10. The Hall–Kier alpha value is -2.59. The van der Waals surface area contributed by atoms with E-state index in [0.29, 0.717) is 5.02 Å². The monoisotopic (exact) mass is 322 g/mol. The van der Waals surface area contributed by atoms with Gasteiger partial charge in [0.2, 0.25) is 5.95 Å². The summed E-state index contributed by atoms with van der Waals surface area (Å²) in [5.74, 6) is 0.790. The van der Waals surface area contributed by atoms with Crippen molar-refractivity contribution in [3.8, 4) is 0 Å². The number of pyridine rings is 1. The molecule has 23 heavy (non-hydrogen) atoms. The van der Waals surface area contributed by atoms with Gasteiger partial charge in [0.05, 0.1) is 22.2 Å². The number of para-hydroxylation sites is 2. The molecule has 0 amide bonds. The Labute approximate surface area is 138 Å². The SMILES string of the molecule is Cc1cc(Nc2nc3ccccc3n2C)c2cc(Cl)ccc2n1. The molecule has 4 rings (SSSR count). The number of fused-ring (bicyclic) bond motifs is 2. The van der Waals surface area contributed by atoms with Gasteiger partial charge in [0.25, 0.3) is 0 Å². The van der Waals surface area contributed by atoms with E-state index in [1.54, 1.807) is 0 Å². The lowest BCUT2D eigenvalue weighted by atomic mass is 10.1. The van der Waals surface area contributed by atoms with Gasteiger partial charge in [-0.05, 0) is 43.3 Å².